The summed E-state index contributed by atoms with van der Waals surface area (Å²) in [5, 5.41) is 13.8. The summed E-state index contributed by atoms with van der Waals surface area (Å²) in [4.78, 5) is 33.6. The van der Waals surface area contributed by atoms with Gasteiger partial charge in [0.1, 0.15) is 16.5 Å². The second-order valence-electron chi connectivity index (χ2n) is 9.13. The molecule has 3 aliphatic carbocycles. The van der Waals surface area contributed by atoms with Gasteiger partial charge in [-0.25, -0.2) is 19.9 Å². The topological polar surface area (TPSA) is 117 Å². The van der Waals surface area contributed by atoms with E-state index in [9.17, 15) is 9.90 Å². The minimum Gasteiger partial charge on any atom is -0.481 e. The van der Waals surface area contributed by atoms with Gasteiger partial charge in [-0.15, -0.1) is 0 Å². The van der Waals surface area contributed by atoms with Crippen molar-refractivity contribution in [1.29, 1.82) is 0 Å². The normalized spacial score (nSPS) is 23.8. The molecule has 3 saturated carbocycles. The van der Waals surface area contributed by atoms with E-state index in [0.29, 0.717) is 34.3 Å². The van der Waals surface area contributed by atoms with Gasteiger partial charge in [0.2, 0.25) is 0 Å². The predicted molar refractivity (Wildman–Crippen MR) is 129 cm³/mol. The fourth-order valence-corrected chi connectivity index (χ4v) is 5.76. The van der Waals surface area contributed by atoms with Gasteiger partial charge in [0, 0.05) is 23.9 Å². The molecule has 8 nitrogen and oxygen atoms in total. The number of fused-ring (bicyclic) bond motifs is 4. The van der Waals surface area contributed by atoms with Crippen LogP contribution in [0.2, 0.25) is 5.15 Å². The van der Waals surface area contributed by atoms with Gasteiger partial charge in [-0.3, -0.25) is 4.79 Å². The first kappa shape index (κ1) is 21.0. The Balaban J connectivity index is 1.46. The average Bonchev–Trinajstić information content (AvgIpc) is 3.28. The highest BCUT2D eigenvalue weighted by molar-refractivity contribution is 6.29. The van der Waals surface area contributed by atoms with E-state index in [1.807, 2.05) is 36.4 Å². The molecule has 7 rings (SSSR count). The third-order valence-corrected chi connectivity index (χ3v) is 7.39. The van der Waals surface area contributed by atoms with Crippen LogP contribution in [0.3, 0.4) is 0 Å². The van der Waals surface area contributed by atoms with Crippen molar-refractivity contribution in [3.05, 3.63) is 53.9 Å². The maximum Gasteiger partial charge on any atom is 0.308 e. The van der Waals surface area contributed by atoms with Crippen LogP contribution in [0.4, 0.5) is 5.82 Å². The molecule has 0 radical (unpaired) electrons. The number of aliphatic carboxylic acids is 1. The average molecular weight is 475 g/mol. The number of benzene rings is 1. The van der Waals surface area contributed by atoms with Crippen LogP contribution < -0.4 is 5.32 Å². The summed E-state index contributed by atoms with van der Waals surface area (Å²) in [5.41, 5.74) is 3.55. The highest BCUT2D eigenvalue weighted by atomic mass is 35.5. The smallest absolute Gasteiger partial charge is 0.308 e. The summed E-state index contributed by atoms with van der Waals surface area (Å²) < 4.78 is 0. The van der Waals surface area contributed by atoms with Crippen LogP contribution >= 0.6 is 11.6 Å². The van der Waals surface area contributed by atoms with Crippen molar-refractivity contribution in [3.63, 3.8) is 0 Å². The monoisotopic (exact) mass is 474 g/mol. The molecular weight excluding hydrogens is 452 g/mol. The van der Waals surface area contributed by atoms with Crippen LogP contribution in [0.25, 0.3) is 33.8 Å². The quantitative estimate of drug-likeness (QED) is 0.371. The number of nitrogens with zero attached hydrogens (tertiary/aromatic N) is 4. The third-order valence-electron chi connectivity index (χ3n) is 7.21. The Morgan fingerprint density at radius 1 is 1.06 bits per heavy atom. The van der Waals surface area contributed by atoms with Gasteiger partial charge in [0.15, 0.2) is 11.5 Å². The first-order chi connectivity index (χ1) is 16.6. The highest BCUT2D eigenvalue weighted by Crippen LogP contribution is 2.46. The summed E-state index contributed by atoms with van der Waals surface area (Å²) in [6.07, 6.45) is 7.33. The number of rotatable bonds is 5. The number of aromatic nitrogens is 5. The second kappa shape index (κ2) is 8.36. The molecule has 0 saturated heterocycles. The Bertz CT molecular complexity index is 1370. The Kier molecular flexibility index (Phi) is 5.17. The molecule has 3 heterocycles. The van der Waals surface area contributed by atoms with Gasteiger partial charge in [-0.1, -0.05) is 41.9 Å². The zero-order valence-electron chi connectivity index (χ0n) is 18.3. The molecule has 2 bridgehead atoms. The van der Waals surface area contributed by atoms with E-state index in [1.54, 1.807) is 6.20 Å². The van der Waals surface area contributed by atoms with E-state index in [4.69, 9.17) is 21.6 Å². The first-order valence-electron chi connectivity index (χ1n) is 11.5. The zero-order valence-corrected chi connectivity index (χ0v) is 19.0. The van der Waals surface area contributed by atoms with Crippen molar-refractivity contribution in [1.82, 2.24) is 24.9 Å². The number of aromatic amines is 1. The Morgan fingerprint density at radius 2 is 1.82 bits per heavy atom. The van der Waals surface area contributed by atoms with Crippen molar-refractivity contribution in [2.75, 3.05) is 5.32 Å². The van der Waals surface area contributed by atoms with E-state index in [0.717, 1.165) is 36.9 Å². The highest BCUT2D eigenvalue weighted by Gasteiger charge is 2.47. The number of halogens is 1. The van der Waals surface area contributed by atoms with E-state index < -0.39 is 11.9 Å². The third kappa shape index (κ3) is 3.68. The minimum atomic E-state index is -0.731. The van der Waals surface area contributed by atoms with Crippen molar-refractivity contribution in [3.8, 4) is 22.6 Å². The Morgan fingerprint density at radius 3 is 2.59 bits per heavy atom. The van der Waals surface area contributed by atoms with Crippen molar-refractivity contribution in [2.24, 2.45) is 17.8 Å². The first-order valence-corrected chi connectivity index (χ1v) is 11.9. The van der Waals surface area contributed by atoms with E-state index >= 15 is 0 Å². The van der Waals surface area contributed by atoms with Crippen molar-refractivity contribution < 1.29 is 9.90 Å². The van der Waals surface area contributed by atoms with Crippen LogP contribution in [0.5, 0.6) is 0 Å². The van der Waals surface area contributed by atoms with E-state index in [-0.39, 0.29) is 17.1 Å². The molecule has 3 N–H and O–H groups in total. The lowest BCUT2D eigenvalue weighted by Crippen LogP contribution is -2.51. The number of carbonyl (C=O) groups is 1. The molecule has 0 amide bonds. The lowest BCUT2D eigenvalue weighted by atomic mass is 9.61. The van der Waals surface area contributed by atoms with Crippen LogP contribution in [0.1, 0.15) is 25.7 Å². The molecule has 0 unspecified atom stereocenters. The van der Waals surface area contributed by atoms with Crippen LogP contribution in [0.15, 0.2) is 48.8 Å². The number of carboxylic acids is 1. The lowest BCUT2D eigenvalue weighted by molar-refractivity contribution is -0.148. The van der Waals surface area contributed by atoms with Gasteiger partial charge in [0.05, 0.1) is 23.4 Å². The number of H-pyrrole nitrogens is 1. The molecule has 3 aromatic heterocycles. The number of carboxylic acid groups (broad SMARTS) is 1. The summed E-state index contributed by atoms with van der Waals surface area (Å²) in [5.74, 6) is 0.467. The van der Waals surface area contributed by atoms with Gasteiger partial charge in [-0.05, 0) is 37.5 Å². The maximum absolute atomic E-state index is 12.2. The van der Waals surface area contributed by atoms with Gasteiger partial charge >= 0.3 is 5.97 Å². The van der Waals surface area contributed by atoms with Crippen molar-refractivity contribution >= 4 is 34.6 Å². The number of hydrogen-bond donors (Lipinski definition) is 3. The molecule has 172 valence electrons. The minimum absolute atomic E-state index is 0.159. The van der Waals surface area contributed by atoms with Gasteiger partial charge in [0.25, 0.3) is 0 Å². The molecule has 2 atom stereocenters. The van der Waals surface area contributed by atoms with E-state index in [2.05, 4.69) is 20.3 Å². The SMILES string of the molecule is O=C(O)[C@H]1C2CCC(CC2)[C@@H]1Nc1cc(-c2ccccc2)nc(-c2c[nH]c3ncc(Cl)nc23)n1. The summed E-state index contributed by atoms with van der Waals surface area (Å²) in [6, 6.07) is 11.6. The van der Waals surface area contributed by atoms with Crippen LogP contribution in [-0.4, -0.2) is 42.0 Å². The maximum atomic E-state index is 12.2. The largest absolute Gasteiger partial charge is 0.481 e. The second-order valence-corrected chi connectivity index (χ2v) is 9.52. The molecule has 3 aliphatic rings. The Hall–Kier alpha value is -3.52. The molecular formula is C25H23ClN6O2. The molecule has 4 aromatic rings. The Labute approximate surface area is 200 Å². The molecule has 9 heteroatoms. The standard InChI is InChI=1S/C25H23ClN6O2/c26-18-12-28-24-22(30-18)16(11-27-24)23-29-17(13-4-2-1-3-5-13)10-19(32-23)31-21-15-8-6-14(7-9-15)20(21)25(33)34/h1-5,10-12,14-15,20-21H,6-9H2,(H,27,28)(H,33,34)(H,29,31,32)/t14?,15?,20-,21-/m0/s1. The summed E-state index contributed by atoms with van der Waals surface area (Å²) >= 11 is 6.11. The molecule has 3 fully saturated rings. The van der Waals surface area contributed by atoms with Gasteiger partial charge in [-0.2, -0.15) is 0 Å². The molecule has 1 aromatic carbocycles. The zero-order chi connectivity index (χ0) is 23.2. The summed E-state index contributed by atoms with van der Waals surface area (Å²) in [6.45, 7) is 0. The fraction of sp³-hybridized carbons (Fsp3) is 0.320. The fourth-order valence-electron chi connectivity index (χ4n) is 5.62. The van der Waals surface area contributed by atoms with Crippen molar-refractivity contribution in [2.45, 2.75) is 31.7 Å². The predicted octanol–water partition coefficient (Wildman–Crippen LogP) is 5.04. The van der Waals surface area contributed by atoms with Crippen LogP contribution in [0, 0.1) is 17.8 Å². The lowest BCUT2D eigenvalue weighted by Gasteiger charge is -2.47. The molecule has 0 aliphatic heterocycles. The summed E-state index contributed by atoms with van der Waals surface area (Å²) in [7, 11) is 0. The van der Waals surface area contributed by atoms with Crippen LogP contribution in [-0.2, 0) is 4.79 Å². The molecule has 0 spiro atoms. The van der Waals surface area contributed by atoms with E-state index in [1.165, 1.54) is 6.20 Å². The van der Waals surface area contributed by atoms with Gasteiger partial charge < -0.3 is 15.4 Å². The number of nitrogens with one attached hydrogen (secondary N) is 2. The molecule has 34 heavy (non-hydrogen) atoms. The number of hydrogen-bond acceptors (Lipinski definition) is 6. The number of anilines is 1.